The molecule has 2 N–H and O–H groups in total. The van der Waals surface area contributed by atoms with Crippen LogP contribution in [0.3, 0.4) is 0 Å². The molecule has 0 unspecified atom stereocenters. The summed E-state index contributed by atoms with van der Waals surface area (Å²) in [5.41, 5.74) is 1.11. The number of benzene rings is 1. The molecule has 126 valence electrons. The molecule has 0 aromatic heterocycles. The molecule has 2 atom stereocenters. The van der Waals surface area contributed by atoms with Crippen LogP contribution in [0.1, 0.15) is 25.3 Å². The molecule has 6 nitrogen and oxygen atoms in total. The lowest BCUT2D eigenvalue weighted by Crippen LogP contribution is -2.27. The molecular weight excluding hydrogens is 298 g/mol. The quantitative estimate of drug-likeness (QED) is 0.678. The molecule has 1 aliphatic rings. The van der Waals surface area contributed by atoms with Gasteiger partial charge in [0.25, 0.3) is 0 Å². The summed E-state index contributed by atoms with van der Waals surface area (Å²) in [6.07, 6.45) is 2.04. The molecule has 0 aliphatic heterocycles. The first-order valence-electron chi connectivity index (χ1n) is 7.87. The van der Waals surface area contributed by atoms with E-state index >= 15 is 0 Å². The predicted octanol–water partition coefficient (Wildman–Crippen LogP) is 1.86. The molecular formula is C17H23NO5. The molecule has 1 aromatic rings. The summed E-state index contributed by atoms with van der Waals surface area (Å²) < 4.78 is 10.8. The third-order valence-electron chi connectivity index (χ3n) is 3.91. The largest absolute Gasteiger partial charge is 0.493 e. The number of rotatable bonds is 9. The summed E-state index contributed by atoms with van der Waals surface area (Å²) in [7, 11) is 1.61. The molecule has 23 heavy (non-hydrogen) atoms. The average molecular weight is 321 g/mol. The molecule has 2 rings (SSSR count). The van der Waals surface area contributed by atoms with Gasteiger partial charge in [-0.15, -0.1) is 0 Å². The van der Waals surface area contributed by atoms with E-state index in [1.807, 2.05) is 25.1 Å². The molecule has 0 spiro atoms. The van der Waals surface area contributed by atoms with Gasteiger partial charge in [-0.3, -0.25) is 9.59 Å². The van der Waals surface area contributed by atoms with Gasteiger partial charge in [0.2, 0.25) is 5.91 Å². The van der Waals surface area contributed by atoms with Crippen molar-refractivity contribution in [2.75, 3.05) is 20.3 Å². The smallest absolute Gasteiger partial charge is 0.307 e. The van der Waals surface area contributed by atoms with E-state index in [0.29, 0.717) is 25.3 Å². The SMILES string of the molecule is CCOc1cc(CCCNC(=O)[C@H]2C[C@H]2C(=O)O)ccc1OC. The Hall–Kier alpha value is -2.24. The molecule has 6 heteroatoms. The van der Waals surface area contributed by atoms with Crippen molar-refractivity contribution in [3.63, 3.8) is 0 Å². The van der Waals surface area contributed by atoms with E-state index in [1.54, 1.807) is 7.11 Å². The van der Waals surface area contributed by atoms with Gasteiger partial charge in [0.15, 0.2) is 11.5 Å². The number of aryl methyl sites for hydroxylation is 1. The average Bonchev–Trinajstić information content (AvgIpc) is 3.33. The Kier molecular flexibility index (Phi) is 5.84. The van der Waals surface area contributed by atoms with Crippen molar-refractivity contribution in [3.05, 3.63) is 23.8 Å². The molecule has 0 radical (unpaired) electrons. The molecule has 1 fully saturated rings. The number of aliphatic carboxylic acids is 1. The van der Waals surface area contributed by atoms with E-state index in [2.05, 4.69) is 5.32 Å². The fraction of sp³-hybridized carbons (Fsp3) is 0.529. The third kappa shape index (κ3) is 4.61. The highest BCUT2D eigenvalue weighted by Gasteiger charge is 2.48. The summed E-state index contributed by atoms with van der Waals surface area (Å²) in [5, 5.41) is 11.6. The monoisotopic (exact) mass is 321 g/mol. The lowest BCUT2D eigenvalue weighted by molar-refractivity contribution is -0.140. The number of carbonyl (C=O) groups is 2. The van der Waals surface area contributed by atoms with Crippen LogP contribution < -0.4 is 14.8 Å². The van der Waals surface area contributed by atoms with Gasteiger partial charge in [-0.25, -0.2) is 0 Å². The van der Waals surface area contributed by atoms with E-state index in [1.165, 1.54) is 0 Å². The fourth-order valence-electron chi connectivity index (χ4n) is 2.54. The van der Waals surface area contributed by atoms with E-state index in [-0.39, 0.29) is 11.8 Å². The van der Waals surface area contributed by atoms with Crippen LogP contribution in [0.5, 0.6) is 11.5 Å². The van der Waals surface area contributed by atoms with Gasteiger partial charge in [0, 0.05) is 6.54 Å². The van der Waals surface area contributed by atoms with Crippen LogP contribution in [-0.2, 0) is 16.0 Å². The van der Waals surface area contributed by atoms with Crippen LogP contribution in [0.2, 0.25) is 0 Å². The number of carbonyl (C=O) groups excluding carboxylic acids is 1. The molecule has 1 aromatic carbocycles. The third-order valence-corrected chi connectivity index (χ3v) is 3.91. The summed E-state index contributed by atoms with van der Waals surface area (Å²) >= 11 is 0. The lowest BCUT2D eigenvalue weighted by Gasteiger charge is -2.11. The van der Waals surface area contributed by atoms with E-state index in [4.69, 9.17) is 14.6 Å². The van der Waals surface area contributed by atoms with Gasteiger partial charge in [-0.05, 0) is 43.9 Å². The van der Waals surface area contributed by atoms with Crippen molar-refractivity contribution in [3.8, 4) is 11.5 Å². The van der Waals surface area contributed by atoms with Crippen molar-refractivity contribution >= 4 is 11.9 Å². The number of ether oxygens (including phenoxy) is 2. The first-order valence-corrected chi connectivity index (χ1v) is 7.87. The molecule has 0 bridgehead atoms. The molecule has 0 saturated heterocycles. The molecule has 1 amide bonds. The Labute approximate surface area is 135 Å². The van der Waals surface area contributed by atoms with E-state index in [0.717, 1.165) is 24.2 Å². The minimum Gasteiger partial charge on any atom is -0.493 e. The highest BCUT2D eigenvalue weighted by atomic mass is 16.5. The number of carboxylic acids is 1. The maximum atomic E-state index is 11.7. The number of amides is 1. The Morgan fingerprint density at radius 2 is 2.09 bits per heavy atom. The first-order chi connectivity index (χ1) is 11.1. The van der Waals surface area contributed by atoms with Crippen LogP contribution >= 0.6 is 0 Å². The maximum absolute atomic E-state index is 11.7. The highest BCUT2D eigenvalue weighted by Crippen LogP contribution is 2.38. The second-order valence-corrected chi connectivity index (χ2v) is 5.60. The minimum absolute atomic E-state index is 0.151. The van der Waals surface area contributed by atoms with Crippen molar-refractivity contribution in [2.45, 2.75) is 26.2 Å². The number of methoxy groups -OCH3 is 1. The van der Waals surface area contributed by atoms with E-state index in [9.17, 15) is 9.59 Å². The zero-order chi connectivity index (χ0) is 16.8. The lowest BCUT2D eigenvalue weighted by atomic mass is 10.1. The van der Waals surface area contributed by atoms with Crippen molar-refractivity contribution in [2.24, 2.45) is 11.8 Å². The standard InChI is InChI=1S/C17H23NO5/c1-3-23-15-9-11(6-7-14(15)22-2)5-4-8-18-16(19)12-10-13(12)17(20)21/h6-7,9,12-13H,3-5,8,10H2,1-2H3,(H,18,19)(H,20,21)/t12-,13+/m0/s1. The first kappa shape index (κ1) is 17.1. The Balaban J connectivity index is 1.75. The summed E-state index contributed by atoms with van der Waals surface area (Å²) in [6.45, 7) is 3.03. The van der Waals surface area contributed by atoms with Crippen molar-refractivity contribution < 1.29 is 24.2 Å². The van der Waals surface area contributed by atoms with Crippen LogP contribution in [0.25, 0.3) is 0 Å². The van der Waals surface area contributed by atoms with Crippen LogP contribution in [0, 0.1) is 11.8 Å². The normalized spacial score (nSPS) is 19.0. The van der Waals surface area contributed by atoms with Gasteiger partial charge in [0.1, 0.15) is 0 Å². The fourth-order valence-corrected chi connectivity index (χ4v) is 2.54. The number of nitrogens with one attached hydrogen (secondary N) is 1. The van der Waals surface area contributed by atoms with Crippen molar-refractivity contribution in [1.82, 2.24) is 5.32 Å². The second kappa shape index (κ2) is 7.85. The topological polar surface area (TPSA) is 84.9 Å². The second-order valence-electron chi connectivity index (χ2n) is 5.60. The van der Waals surface area contributed by atoms with Crippen LogP contribution in [0.15, 0.2) is 18.2 Å². The maximum Gasteiger partial charge on any atom is 0.307 e. The van der Waals surface area contributed by atoms with Gasteiger partial charge < -0.3 is 19.9 Å². The van der Waals surface area contributed by atoms with Gasteiger partial charge in [-0.2, -0.15) is 0 Å². The zero-order valence-corrected chi connectivity index (χ0v) is 13.5. The Morgan fingerprint density at radius 3 is 2.70 bits per heavy atom. The number of hydrogen-bond donors (Lipinski definition) is 2. The van der Waals surface area contributed by atoms with Gasteiger partial charge >= 0.3 is 5.97 Å². The van der Waals surface area contributed by atoms with E-state index < -0.39 is 11.9 Å². The summed E-state index contributed by atoms with van der Waals surface area (Å²) in [5.74, 6) is -0.450. The summed E-state index contributed by atoms with van der Waals surface area (Å²) in [4.78, 5) is 22.5. The summed E-state index contributed by atoms with van der Waals surface area (Å²) in [6, 6.07) is 5.80. The minimum atomic E-state index is -0.883. The number of carboxylic acid groups (broad SMARTS) is 1. The van der Waals surface area contributed by atoms with Crippen molar-refractivity contribution in [1.29, 1.82) is 0 Å². The van der Waals surface area contributed by atoms with Gasteiger partial charge in [0.05, 0.1) is 25.6 Å². The van der Waals surface area contributed by atoms with Crippen LogP contribution in [-0.4, -0.2) is 37.2 Å². The molecule has 1 saturated carbocycles. The highest BCUT2D eigenvalue weighted by molar-refractivity contribution is 5.89. The zero-order valence-electron chi connectivity index (χ0n) is 13.5. The molecule has 0 heterocycles. The molecule has 1 aliphatic carbocycles. The predicted molar refractivity (Wildman–Crippen MR) is 84.7 cm³/mol. The Morgan fingerprint density at radius 1 is 1.30 bits per heavy atom. The van der Waals surface area contributed by atoms with Gasteiger partial charge in [-0.1, -0.05) is 6.07 Å². The van der Waals surface area contributed by atoms with Crippen LogP contribution in [0.4, 0.5) is 0 Å². The Bertz CT molecular complexity index is 572. The number of hydrogen-bond acceptors (Lipinski definition) is 4.